The summed E-state index contributed by atoms with van der Waals surface area (Å²) in [6, 6.07) is 8.60. The van der Waals surface area contributed by atoms with Gasteiger partial charge < -0.3 is 9.47 Å². The maximum Gasteiger partial charge on any atom is 0.307 e. The molecule has 10 heteroatoms. The number of carbonyl (C=O) groups excluding carboxylic acids is 1. The van der Waals surface area contributed by atoms with Gasteiger partial charge in [-0.25, -0.2) is 8.42 Å². The SMILES string of the molecule is Cn1c(=O)sc2cc(S(=O)(=O)N3CCN(C(=O)/C=C/c4cccs4)CC3)ccc21. The zero-order chi connectivity index (χ0) is 20.6. The highest BCUT2D eigenvalue weighted by atomic mass is 32.2. The number of hydrogen-bond acceptors (Lipinski definition) is 6. The normalized spacial score (nSPS) is 16.1. The van der Waals surface area contributed by atoms with Crippen molar-refractivity contribution in [1.29, 1.82) is 0 Å². The maximum atomic E-state index is 13.0. The van der Waals surface area contributed by atoms with Gasteiger partial charge >= 0.3 is 4.87 Å². The zero-order valence-corrected chi connectivity index (χ0v) is 18.1. The van der Waals surface area contributed by atoms with E-state index in [1.54, 1.807) is 41.5 Å². The third kappa shape index (κ3) is 3.93. The Labute approximate surface area is 176 Å². The van der Waals surface area contributed by atoms with Crippen molar-refractivity contribution in [2.24, 2.45) is 7.05 Å². The Balaban J connectivity index is 1.46. The van der Waals surface area contributed by atoms with E-state index in [2.05, 4.69) is 0 Å². The van der Waals surface area contributed by atoms with Gasteiger partial charge in [-0.15, -0.1) is 11.3 Å². The molecule has 1 amide bonds. The Morgan fingerprint density at radius 1 is 1.14 bits per heavy atom. The van der Waals surface area contributed by atoms with Crippen molar-refractivity contribution in [3.05, 3.63) is 56.3 Å². The summed E-state index contributed by atoms with van der Waals surface area (Å²) in [6.07, 6.45) is 3.30. The van der Waals surface area contributed by atoms with Gasteiger partial charge in [0.25, 0.3) is 0 Å². The molecule has 3 heterocycles. The lowest BCUT2D eigenvalue weighted by Crippen LogP contribution is -2.50. The Hall–Kier alpha value is -2.27. The molecule has 0 N–H and O–H groups in total. The number of benzene rings is 1. The smallest absolute Gasteiger partial charge is 0.307 e. The van der Waals surface area contributed by atoms with Crippen molar-refractivity contribution >= 4 is 54.9 Å². The molecule has 7 nitrogen and oxygen atoms in total. The number of piperazine rings is 1. The largest absolute Gasteiger partial charge is 0.337 e. The summed E-state index contributed by atoms with van der Waals surface area (Å²) >= 11 is 2.58. The van der Waals surface area contributed by atoms with Crippen LogP contribution in [0.15, 0.2) is 51.5 Å². The fourth-order valence-electron chi connectivity index (χ4n) is 3.22. The van der Waals surface area contributed by atoms with Crippen LogP contribution in [0.3, 0.4) is 0 Å². The second kappa shape index (κ2) is 7.86. The number of carbonyl (C=O) groups is 1. The molecule has 0 saturated carbocycles. The summed E-state index contributed by atoms with van der Waals surface area (Å²) in [5, 5.41) is 1.94. The molecule has 0 spiro atoms. The van der Waals surface area contributed by atoms with E-state index >= 15 is 0 Å². The number of hydrogen-bond donors (Lipinski definition) is 0. The Morgan fingerprint density at radius 3 is 2.59 bits per heavy atom. The van der Waals surface area contributed by atoms with Crippen molar-refractivity contribution in [1.82, 2.24) is 13.8 Å². The van der Waals surface area contributed by atoms with Crippen LogP contribution >= 0.6 is 22.7 Å². The molecule has 0 unspecified atom stereocenters. The standard InChI is InChI=1S/C19H19N3O4S3/c1-20-16-6-5-15(13-17(16)28-19(20)24)29(25,26)22-10-8-21(9-11-22)18(23)7-4-14-3-2-12-27-14/h2-7,12-13H,8-11H2,1H3/b7-4+. The minimum atomic E-state index is -3.68. The van der Waals surface area contributed by atoms with Gasteiger partial charge in [-0.3, -0.25) is 9.59 Å². The highest BCUT2D eigenvalue weighted by Gasteiger charge is 2.30. The molecular formula is C19H19N3O4S3. The minimum absolute atomic E-state index is 0.120. The van der Waals surface area contributed by atoms with Gasteiger partial charge in [-0.1, -0.05) is 17.4 Å². The number of rotatable bonds is 4. The zero-order valence-electron chi connectivity index (χ0n) is 15.6. The third-order valence-corrected chi connectivity index (χ3v) is 8.61. The molecule has 1 aliphatic heterocycles. The molecule has 4 rings (SSSR count). The molecule has 0 radical (unpaired) electrons. The average Bonchev–Trinajstić information content (AvgIpc) is 3.34. The molecular weight excluding hydrogens is 430 g/mol. The quantitative estimate of drug-likeness (QED) is 0.572. The molecule has 0 aliphatic carbocycles. The van der Waals surface area contributed by atoms with E-state index in [0.29, 0.717) is 23.3 Å². The molecule has 1 saturated heterocycles. The molecule has 2 aromatic heterocycles. The lowest BCUT2D eigenvalue weighted by Gasteiger charge is -2.33. The number of fused-ring (bicyclic) bond motifs is 1. The van der Waals surface area contributed by atoms with Crippen LogP contribution < -0.4 is 4.87 Å². The van der Waals surface area contributed by atoms with Crippen LogP contribution in [-0.2, 0) is 21.9 Å². The lowest BCUT2D eigenvalue weighted by molar-refractivity contribution is -0.127. The number of nitrogens with zero attached hydrogens (tertiary/aromatic N) is 3. The van der Waals surface area contributed by atoms with Crippen molar-refractivity contribution in [2.75, 3.05) is 26.2 Å². The van der Waals surface area contributed by atoms with Gasteiger partial charge in [-0.2, -0.15) is 4.31 Å². The topological polar surface area (TPSA) is 79.7 Å². The summed E-state index contributed by atoms with van der Waals surface area (Å²) in [5.41, 5.74) is 0.715. The van der Waals surface area contributed by atoms with Crippen LogP contribution in [-0.4, -0.2) is 54.3 Å². The van der Waals surface area contributed by atoms with Gasteiger partial charge in [0.15, 0.2) is 0 Å². The molecule has 29 heavy (non-hydrogen) atoms. The van der Waals surface area contributed by atoms with Crippen LogP contribution in [0.2, 0.25) is 0 Å². The predicted octanol–water partition coefficient (Wildman–Crippen LogP) is 2.21. The third-order valence-electron chi connectivity index (χ3n) is 4.89. The van der Waals surface area contributed by atoms with E-state index in [9.17, 15) is 18.0 Å². The molecule has 1 fully saturated rings. The maximum absolute atomic E-state index is 13.0. The van der Waals surface area contributed by atoms with Gasteiger partial charge in [0.1, 0.15) is 0 Å². The van der Waals surface area contributed by atoms with E-state index in [4.69, 9.17) is 0 Å². The number of thiazole rings is 1. The molecule has 0 atom stereocenters. The first-order chi connectivity index (χ1) is 13.9. The molecule has 1 aliphatic rings. The highest BCUT2D eigenvalue weighted by molar-refractivity contribution is 7.89. The van der Waals surface area contributed by atoms with Crippen LogP contribution in [0.4, 0.5) is 0 Å². The van der Waals surface area contributed by atoms with E-state index in [1.165, 1.54) is 21.0 Å². The number of aromatic nitrogens is 1. The van der Waals surface area contributed by atoms with Gasteiger partial charge in [0.05, 0.1) is 15.1 Å². The number of thiophene rings is 1. The molecule has 1 aromatic carbocycles. The minimum Gasteiger partial charge on any atom is -0.337 e. The highest BCUT2D eigenvalue weighted by Crippen LogP contribution is 2.24. The monoisotopic (exact) mass is 449 g/mol. The number of sulfonamides is 1. The Bertz CT molecular complexity index is 1230. The summed E-state index contributed by atoms with van der Waals surface area (Å²) < 4.78 is 29.6. The van der Waals surface area contributed by atoms with Crippen LogP contribution in [0.1, 0.15) is 4.88 Å². The lowest BCUT2D eigenvalue weighted by atomic mass is 10.3. The first-order valence-corrected chi connectivity index (χ1v) is 12.1. The van der Waals surface area contributed by atoms with Crippen LogP contribution in [0, 0.1) is 0 Å². The van der Waals surface area contributed by atoms with Crippen molar-refractivity contribution in [3.63, 3.8) is 0 Å². The Morgan fingerprint density at radius 2 is 1.90 bits per heavy atom. The summed E-state index contributed by atoms with van der Waals surface area (Å²) in [7, 11) is -2.01. The second-order valence-electron chi connectivity index (χ2n) is 6.63. The van der Waals surface area contributed by atoms with Gasteiger partial charge in [0.2, 0.25) is 15.9 Å². The van der Waals surface area contributed by atoms with Crippen molar-refractivity contribution in [2.45, 2.75) is 4.90 Å². The van der Waals surface area contributed by atoms with Crippen molar-refractivity contribution in [3.8, 4) is 0 Å². The average molecular weight is 450 g/mol. The first-order valence-electron chi connectivity index (χ1n) is 8.96. The van der Waals surface area contributed by atoms with Crippen LogP contribution in [0.5, 0.6) is 0 Å². The number of aryl methyl sites for hydroxylation is 1. The fourth-order valence-corrected chi connectivity index (χ4v) is 6.28. The first kappa shape index (κ1) is 20.0. The molecule has 152 valence electrons. The van der Waals surface area contributed by atoms with E-state index in [0.717, 1.165) is 16.2 Å². The molecule has 0 bridgehead atoms. The van der Waals surface area contributed by atoms with Gasteiger partial charge in [-0.05, 0) is 35.7 Å². The van der Waals surface area contributed by atoms with E-state index in [-0.39, 0.29) is 28.8 Å². The van der Waals surface area contributed by atoms with Crippen molar-refractivity contribution < 1.29 is 13.2 Å². The Kier molecular flexibility index (Phi) is 5.43. The predicted molar refractivity (Wildman–Crippen MR) is 116 cm³/mol. The summed E-state index contributed by atoms with van der Waals surface area (Å²) in [4.78, 5) is 26.9. The summed E-state index contributed by atoms with van der Waals surface area (Å²) in [6.45, 7) is 1.16. The fraction of sp³-hybridized carbons (Fsp3) is 0.263. The number of amides is 1. The van der Waals surface area contributed by atoms with E-state index in [1.807, 2.05) is 17.5 Å². The molecule has 3 aromatic rings. The van der Waals surface area contributed by atoms with Gasteiger partial charge in [0, 0.05) is 44.2 Å². The second-order valence-corrected chi connectivity index (χ2v) is 10.5. The van der Waals surface area contributed by atoms with Crippen LogP contribution in [0.25, 0.3) is 16.3 Å². The van der Waals surface area contributed by atoms with E-state index < -0.39 is 10.0 Å². The summed E-state index contributed by atoms with van der Waals surface area (Å²) in [5.74, 6) is -0.120.